The molecule has 4 aromatic rings. The summed E-state index contributed by atoms with van der Waals surface area (Å²) < 4.78 is 1.37. The number of carbonyl (C=O) groups excluding carboxylic acids is 1. The van der Waals surface area contributed by atoms with Gasteiger partial charge in [-0.25, -0.2) is 9.78 Å². The highest BCUT2D eigenvalue weighted by atomic mass is 35.5. The maximum absolute atomic E-state index is 12.7. The molecule has 5 rings (SSSR count). The van der Waals surface area contributed by atoms with E-state index in [4.69, 9.17) is 16.6 Å². The molecule has 0 unspecified atom stereocenters. The molecule has 10 heteroatoms. The van der Waals surface area contributed by atoms with Crippen molar-refractivity contribution < 1.29 is 4.79 Å². The third-order valence-corrected chi connectivity index (χ3v) is 7.34. The lowest BCUT2D eigenvalue weighted by Gasteiger charge is -2.34. The van der Waals surface area contributed by atoms with Gasteiger partial charge >= 0.3 is 6.03 Å². The van der Waals surface area contributed by atoms with E-state index in [0.717, 1.165) is 27.4 Å². The van der Waals surface area contributed by atoms with Crippen LogP contribution in [0.15, 0.2) is 53.3 Å². The first-order valence-electron chi connectivity index (χ1n) is 11.4. The number of piperazine rings is 1. The van der Waals surface area contributed by atoms with Crippen LogP contribution in [-0.4, -0.2) is 56.6 Å². The van der Waals surface area contributed by atoms with Gasteiger partial charge in [-0.15, -0.1) is 0 Å². The van der Waals surface area contributed by atoms with Gasteiger partial charge in [-0.05, 0) is 37.1 Å². The number of amides is 2. The lowest BCUT2D eigenvalue weighted by Crippen LogP contribution is -2.49. The molecule has 1 saturated heterocycles. The standard InChI is InChI=1S/C25H25ClN6O2S/c1-16-5-3-4-6-20(16)23-29-32-22(33)14-19(27-25(32)35-23)15-30-9-11-31(12-10-30)24(34)28-21-13-18(26)8-7-17(21)2/h3-8,13-14H,9-12,15H2,1-2H3,(H,28,34). The van der Waals surface area contributed by atoms with Crippen molar-refractivity contribution in [3.63, 3.8) is 0 Å². The van der Waals surface area contributed by atoms with Crippen LogP contribution in [0.4, 0.5) is 10.5 Å². The highest BCUT2D eigenvalue weighted by Crippen LogP contribution is 2.27. The fraction of sp³-hybridized carbons (Fsp3) is 0.280. The molecule has 8 nitrogen and oxygen atoms in total. The summed E-state index contributed by atoms with van der Waals surface area (Å²) in [4.78, 5) is 34.7. The molecule has 1 N–H and O–H groups in total. The summed E-state index contributed by atoms with van der Waals surface area (Å²) in [7, 11) is 0. The molecule has 3 heterocycles. The molecule has 1 aliphatic heterocycles. The Morgan fingerprint density at radius 3 is 2.60 bits per heavy atom. The minimum Gasteiger partial charge on any atom is -0.322 e. The van der Waals surface area contributed by atoms with Gasteiger partial charge in [0.2, 0.25) is 4.96 Å². The van der Waals surface area contributed by atoms with E-state index in [-0.39, 0.29) is 11.6 Å². The zero-order valence-electron chi connectivity index (χ0n) is 19.5. The number of rotatable bonds is 4. The van der Waals surface area contributed by atoms with Gasteiger partial charge in [-0.3, -0.25) is 9.69 Å². The largest absolute Gasteiger partial charge is 0.322 e. The molecule has 0 spiro atoms. The maximum Gasteiger partial charge on any atom is 0.321 e. The number of benzene rings is 2. The van der Waals surface area contributed by atoms with Crippen molar-refractivity contribution in [3.05, 3.63) is 80.7 Å². The van der Waals surface area contributed by atoms with Crippen LogP contribution in [0.5, 0.6) is 0 Å². The summed E-state index contributed by atoms with van der Waals surface area (Å²) in [6.07, 6.45) is 0. The first-order valence-corrected chi connectivity index (χ1v) is 12.6. The Morgan fingerprint density at radius 1 is 1.06 bits per heavy atom. The first kappa shape index (κ1) is 23.5. The van der Waals surface area contributed by atoms with Crippen molar-refractivity contribution in [2.24, 2.45) is 0 Å². The predicted molar refractivity (Wildman–Crippen MR) is 139 cm³/mol. The smallest absolute Gasteiger partial charge is 0.321 e. The molecular formula is C25H25ClN6O2S. The Hall–Kier alpha value is -3.27. The van der Waals surface area contributed by atoms with Gasteiger partial charge < -0.3 is 10.2 Å². The zero-order valence-corrected chi connectivity index (χ0v) is 21.1. The lowest BCUT2D eigenvalue weighted by molar-refractivity contribution is 0.142. The fourth-order valence-electron chi connectivity index (χ4n) is 4.12. The number of aryl methyl sites for hydroxylation is 2. The van der Waals surface area contributed by atoms with Crippen LogP contribution in [0, 0.1) is 13.8 Å². The van der Waals surface area contributed by atoms with Gasteiger partial charge in [0.25, 0.3) is 5.56 Å². The Kier molecular flexibility index (Phi) is 6.55. The van der Waals surface area contributed by atoms with Gasteiger partial charge in [0.1, 0.15) is 5.01 Å². The average Bonchev–Trinajstić information content (AvgIpc) is 3.27. The van der Waals surface area contributed by atoms with Crippen LogP contribution >= 0.6 is 22.9 Å². The second-order valence-electron chi connectivity index (χ2n) is 8.65. The van der Waals surface area contributed by atoms with Crippen molar-refractivity contribution in [2.45, 2.75) is 20.4 Å². The molecule has 0 radical (unpaired) electrons. The third-order valence-electron chi connectivity index (χ3n) is 6.16. The number of urea groups is 1. The van der Waals surface area contributed by atoms with Gasteiger partial charge in [-0.1, -0.05) is 53.3 Å². The maximum atomic E-state index is 12.7. The van der Waals surface area contributed by atoms with E-state index in [0.29, 0.717) is 48.4 Å². The Bertz CT molecular complexity index is 1460. The SMILES string of the molecule is Cc1ccc(Cl)cc1NC(=O)N1CCN(Cc2cc(=O)n3nc(-c4ccccc4C)sc3n2)CC1. The summed E-state index contributed by atoms with van der Waals surface area (Å²) in [6.45, 7) is 7.07. The number of hydrogen-bond donors (Lipinski definition) is 1. The van der Waals surface area contributed by atoms with Gasteiger partial charge in [0.05, 0.1) is 5.69 Å². The second kappa shape index (κ2) is 9.77. The van der Waals surface area contributed by atoms with Crippen LogP contribution in [-0.2, 0) is 6.54 Å². The summed E-state index contributed by atoms with van der Waals surface area (Å²) in [5.74, 6) is 0. The predicted octanol–water partition coefficient (Wildman–Crippen LogP) is 4.44. The van der Waals surface area contributed by atoms with E-state index in [9.17, 15) is 9.59 Å². The number of anilines is 1. The summed E-state index contributed by atoms with van der Waals surface area (Å²) >= 11 is 7.48. The molecule has 2 aromatic heterocycles. The molecular weight excluding hydrogens is 484 g/mol. The topological polar surface area (TPSA) is 82.8 Å². The van der Waals surface area contributed by atoms with E-state index in [1.54, 1.807) is 23.1 Å². The van der Waals surface area contributed by atoms with Crippen molar-refractivity contribution in [3.8, 4) is 10.6 Å². The molecule has 1 aliphatic rings. The van der Waals surface area contributed by atoms with Crippen molar-refractivity contribution in [1.29, 1.82) is 0 Å². The highest BCUT2D eigenvalue weighted by Gasteiger charge is 2.22. The molecule has 0 bridgehead atoms. The molecule has 0 atom stereocenters. The molecule has 2 aromatic carbocycles. The zero-order chi connectivity index (χ0) is 24.5. The quantitative estimate of drug-likeness (QED) is 0.440. The van der Waals surface area contributed by atoms with E-state index in [1.807, 2.05) is 44.2 Å². The van der Waals surface area contributed by atoms with Crippen LogP contribution in [0.1, 0.15) is 16.8 Å². The third kappa shape index (κ3) is 5.07. The van der Waals surface area contributed by atoms with Crippen LogP contribution < -0.4 is 10.9 Å². The molecule has 180 valence electrons. The summed E-state index contributed by atoms with van der Waals surface area (Å²) in [6, 6.07) is 14.8. The molecule has 1 fully saturated rings. The molecule has 2 amide bonds. The van der Waals surface area contributed by atoms with Crippen molar-refractivity contribution in [2.75, 3.05) is 31.5 Å². The Morgan fingerprint density at radius 2 is 1.83 bits per heavy atom. The van der Waals surface area contributed by atoms with Crippen molar-refractivity contribution >= 4 is 39.6 Å². The number of aromatic nitrogens is 3. The van der Waals surface area contributed by atoms with Gasteiger partial charge in [0.15, 0.2) is 0 Å². The second-order valence-corrected chi connectivity index (χ2v) is 10.0. The van der Waals surface area contributed by atoms with E-state index in [1.165, 1.54) is 15.9 Å². The summed E-state index contributed by atoms with van der Waals surface area (Å²) in [5.41, 5.74) is 4.32. The summed E-state index contributed by atoms with van der Waals surface area (Å²) in [5, 5.41) is 8.81. The Balaban J connectivity index is 1.24. The normalized spacial score (nSPS) is 14.4. The van der Waals surface area contributed by atoms with E-state index < -0.39 is 0 Å². The number of halogens is 1. The molecule has 0 aliphatic carbocycles. The van der Waals surface area contributed by atoms with Gasteiger partial charge in [0, 0.05) is 55.1 Å². The molecule has 35 heavy (non-hydrogen) atoms. The fourth-order valence-corrected chi connectivity index (χ4v) is 5.31. The highest BCUT2D eigenvalue weighted by molar-refractivity contribution is 7.19. The average molecular weight is 509 g/mol. The van der Waals surface area contributed by atoms with Crippen LogP contribution in [0.25, 0.3) is 15.5 Å². The van der Waals surface area contributed by atoms with Crippen LogP contribution in [0.3, 0.4) is 0 Å². The van der Waals surface area contributed by atoms with Crippen molar-refractivity contribution in [1.82, 2.24) is 24.4 Å². The van der Waals surface area contributed by atoms with E-state index in [2.05, 4.69) is 15.3 Å². The van der Waals surface area contributed by atoms with Crippen LogP contribution in [0.2, 0.25) is 5.02 Å². The van der Waals surface area contributed by atoms with Gasteiger partial charge in [-0.2, -0.15) is 9.61 Å². The first-order chi connectivity index (χ1) is 16.9. The number of fused-ring (bicyclic) bond motifs is 1. The molecule has 0 saturated carbocycles. The number of carbonyl (C=O) groups is 1. The monoisotopic (exact) mass is 508 g/mol. The Labute approximate surface area is 211 Å². The minimum absolute atomic E-state index is 0.138. The number of nitrogens with one attached hydrogen (secondary N) is 1. The minimum atomic E-state index is -0.184. The van der Waals surface area contributed by atoms with E-state index >= 15 is 0 Å². The number of nitrogens with zero attached hydrogens (tertiary/aromatic N) is 5. The lowest BCUT2D eigenvalue weighted by atomic mass is 10.1. The number of hydrogen-bond acceptors (Lipinski definition) is 6.